The second-order valence-electron chi connectivity index (χ2n) is 4.60. The first kappa shape index (κ1) is 14.4. The molecule has 1 nitrogen and oxygen atoms in total. The van der Waals surface area contributed by atoms with E-state index in [1.165, 1.54) is 11.1 Å². The summed E-state index contributed by atoms with van der Waals surface area (Å²) < 4.78 is 6.13. The van der Waals surface area contributed by atoms with E-state index in [9.17, 15) is 0 Å². The highest BCUT2D eigenvalue weighted by Crippen LogP contribution is 2.40. The van der Waals surface area contributed by atoms with Gasteiger partial charge in [-0.15, -0.1) is 0 Å². The zero-order valence-electron chi connectivity index (χ0n) is 11.4. The van der Waals surface area contributed by atoms with E-state index in [4.69, 9.17) is 17.1 Å². The quantitative estimate of drug-likeness (QED) is 0.657. The molecule has 0 saturated heterocycles. The summed E-state index contributed by atoms with van der Waals surface area (Å²) in [4.78, 5) is 0. The summed E-state index contributed by atoms with van der Waals surface area (Å²) in [7, 11) is 0.669. The molecular formula is C16H20OSSi. The van der Waals surface area contributed by atoms with Crippen LogP contribution in [0.5, 0.6) is 0 Å². The average Bonchev–Trinajstić information content (AvgIpc) is 2.50. The van der Waals surface area contributed by atoms with Gasteiger partial charge in [0.1, 0.15) is 16.1 Å². The van der Waals surface area contributed by atoms with E-state index >= 15 is 0 Å². The summed E-state index contributed by atoms with van der Waals surface area (Å²) in [6.45, 7) is 2.15. The average molecular weight is 288 g/mol. The third-order valence-corrected chi connectivity index (χ3v) is 4.96. The fourth-order valence-electron chi connectivity index (χ4n) is 2.58. The number of benzene rings is 2. The molecule has 2 rings (SSSR count). The van der Waals surface area contributed by atoms with Crippen molar-refractivity contribution in [3.63, 3.8) is 0 Å². The van der Waals surface area contributed by atoms with Crippen molar-refractivity contribution < 1.29 is 4.43 Å². The molecule has 0 N–H and O–H groups in total. The van der Waals surface area contributed by atoms with E-state index in [1.54, 1.807) is 0 Å². The Hall–Kier alpha value is -1.03. The molecule has 100 valence electrons. The van der Waals surface area contributed by atoms with Gasteiger partial charge in [-0.05, 0) is 17.5 Å². The van der Waals surface area contributed by atoms with Gasteiger partial charge in [-0.3, -0.25) is 0 Å². The highest BCUT2D eigenvalue weighted by molar-refractivity contribution is 7.81. The molecule has 0 aliphatic carbocycles. The molecule has 0 aliphatic heterocycles. The molecular weight excluding hydrogens is 268 g/mol. The van der Waals surface area contributed by atoms with Crippen molar-refractivity contribution in [1.29, 1.82) is 0 Å². The first-order valence-corrected chi connectivity index (χ1v) is 7.93. The Kier molecular flexibility index (Phi) is 4.85. The molecule has 0 spiro atoms. The second kappa shape index (κ2) is 6.42. The maximum atomic E-state index is 6.13. The molecule has 0 saturated carbocycles. The molecule has 3 heteroatoms. The predicted octanol–water partition coefficient (Wildman–Crippen LogP) is 2.94. The van der Waals surface area contributed by atoms with Gasteiger partial charge < -0.3 is 4.43 Å². The van der Waals surface area contributed by atoms with Crippen LogP contribution in [0.3, 0.4) is 0 Å². The van der Waals surface area contributed by atoms with Gasteiger partial charge in [0, 0.05) is 5.25 Å². The van der Waals surface area contributed by atoms with Crippen molar-refractivity contribution in [2.75, 3.05) is 0 Å². The molecule has 0 amide bonds. The summed E-state index contributed by atoms with van der Waals surface area (Å²) in [6.07, 6.45) is 0.954. The van der Waals surface area contributed by atoms with Gasteiger partial charge in [-0.2, -0.15) is 12.6 Å². The lowest BCUT2D eigenvalue weighted by Crippen LogP contribution is -2.39. The van der Waals surface area contributed by atoms with Gasteiger partial charge >= 0.3 is 0 Å². The Balaban J connectivity index is 2.62. The van der Waals surface area contributed by atoms with E-state index in [0.717, 1.165) is 6.42 Å². The normalized spacial score (nSPS) is 13.4. The molecule has 2 aromatic carbocycles. The standard InChI is InChI=1S/C16H20OSSi/c1-2-15(18)16(17-19,13-9-5-3-6-10-13)14-11-7-4-8-12-14/h3-12,15,18H,2H2,1,19H3. The largest absolute Gasteiger partial charge is 0.413 e. The van der Waals surface area contributed by atoms with E-state index in [1.807, 2.05) is 12.1 Å². The number of rotatable bonds is 5. The number of hydrogen-bond acceptors (Lipinski definition) is 2. The fraction of sp³-hybridized carbons (Fsp3) is 0.250. The smallest absolute Gasteiger partial charge is 0.147 e. The van der Waals surface area contributed by atoms with Gasteiger partial charge in [-0.25, -0.2) is 0 Å². The molecule has 19 heavy (non-hydrogen) atoms. The molecule has 0 bridgehead atoms. The molecule has 2 aromatic rings. The lowest BCUT2D eigenvalue weighted by atomic mass is 9.82. The minimum atomic E-state index is -0.438. The van der Waals surface area contributed by atoms with Crippen LogP contribution in [0.25, 0.3) is 0 Å². The van der Waals surface area contributed by atoms with Crippen LogP contribution in [-0.2, 0) is 10.0 Å². The van der Waals surface area contributed by atoms with E-state index in [-0.39, 0.29) is 5.25 Å². The number of hydrogen-bond donors (Lipinski definition) is 1. The van der Waals surface area contributed by atoms with Crippen molar-refractivity contribution >= 4 is 23.1 Å². The van der Waals surface area contributed by atoms with Gasteiger partial charge in [0.15, 0.2) is 0 Å². The summed E-state index contributed by atoms with van der Waals surface area (Å²) in [6, 6.07) is 20.8. The van der Waals surface area contributed by atoms with Gasteiger partial charge in [-0.1, -0.05) is 67.6 Å². The van der Waals surface area contributed by atoms with Crippen LogP contribution in [0, 0.1) is 0 Å². The highest BCUT2D eigenvalue weighted by Gasteiger charge is 2.39. The Morgan fingerprint density at radius 1 is 1.00 bits per heavy atom. The van der Waals surface area contributed by atoms with Crippen molar-refractivity contribution in [2.45, 2.75) is 24.2 Å². The summed E-state index contributed by atoms with van der Waals surface area (Å²) >= 11 is 4.81. The monoisotopic (exact) mass is 288 g/mol. The van der Waals surface area contributed by atoms with Crippen molar-refractivity contribution in [1.82, 2.24) is 0 Å². The molecule has 0 aromatic heterocycles. The van der Waals surface area contributed by atoms with Gasteiger partial charge in [0.05, 0.1) is 0 Å². The van der Waals surface area contributed by atoms with Crippen molar-refractivity contribution in [3.8, 4) is 0 Å². The van der Waals surface area contributed by atoms with E-state index in [0.29, 0.717) is 10.5 Å². The molecule has 0 radical (unpaired) electrons. The Morgan fingerprint density at radius 3 is 1.74 bits per heavy atom. The lowest BCUT2D eigenvalue weighted by molar-refractivity contribution is 0.121. The van der Waals surface area contributed by atoms with E-state index in [2.05, 4.69) is 55.5 Å². The van der Waals surface area contributed by atoms with Crippen LogP contribution in [0.2, 0.25) is 0 Å². The SMILES string of the molecule is CCC(S)C(O[SiH3])(c1ccccc1)c1ccccc1. The molecule has 1 atom stereocenters. The maximum Gasteiger partial charge on any atom is 0.147 e. The zero-order valence-corrected chi connectivity index (χ0v) is 14.3. The molecule has 0 heterocycles. The first-order valence-electron chi connectivity index (χ1n) is 6.60. The van der Waals surface area contributed by atoms with Crippen LogP contribution < -0.4 is 0 Å². The molecule has 0 fully saturated rings. The van der Waals surface area contributed by atoms with Crippen molar-refractivity contribution in [2.24, 2.45) is 0 Å². The van der Waals surface area contributed by atoms with Crippen LogP contribution in [0.4, 0.5) is 0 Å². The number of thiol groups is 1. The first-order chi connectivity index (χ1) is 9.25. The highest BCUT2D eigenvalue weighted by atomic mass is 32.1. The van der Waals surface area contributed by atoms with Crippen LogP contribution in [0.15, 0.2) is 60.7 Å². The van der Waals surface area contributed by atoms with Crippen LogP contribution in [-0.4, -0.2) is 15.7 Å². The maximum absolute atomic E-state index is 6.13. The molecule has 0 aliphatic rings. The minimum absolute atomic E-state index is 0.134. The Labute approximate surface area is 124 Å². The Bertz CT molecular complexity index is 461. The fourth-order valence-corrected chi connectivity index (χ4v) is 3.94. The second-order valence-corrected chi connectivity index (χ2v) is 5.63. The third-order valence-electron chi connectivity index (χ3n) is 3.58. The van der Waals surface area contributed by atoms with Gasteiger partial charge in [0.2, 0.25) is 0 Å². The predicted molar refractivity (Wildman–Crippen MR) is 87.8 cm³/mol. The zero-order chi connectivity index (χ0) is 13.7. The van der Waals surface area contributed by atoms with Crippen LogP contribution in [0.1, 0.15) is 24.5 Å². The van der Waals surface area contributed by atoms with Gasteiger partial charge in [0.25, 0.3) is 0 Å². The summed E-state index contributed by atoms with van der Waals surface area (Å²) in [5, 5.41) is 0.134. The summed E-state index contributed by atoms with van der Waals surface area (Å²) in [5.41, 5.74) is 1.92. The van der Waals surface area contributed by atoms with Crippen LogP contribution >= 0.6 is 12.6 Å². The van der Waals surface area contributed by atoms with E-state index < -0.39 is 5.60 Å². The Morgan fingerprint density at radius 2 is 1.42 bits per heavy atom. The van der Waals surface area contributed by atoms with Crippen molar-refractivity contribution in [3.05, 3.63) is 71.8 Å². The summed E-state index contributed by atoms with van der Waals surface area (Å²) in [5.74, 6) is 0. The topological polar surface area (TPSA) is 9.23 Å². The third kappa shape index (κ3) is 2.64. The molecule has 1 unspecified atom stereocenters. The lowest BCUT2D eigenvalue weighted by Gasteiger charge is -2.39. The minimum Gasteiger partial charge on any atom is -0.413 e.